The van der Waals surface area contributed by atoms with Crippen molar-refractivity contribution in [1.82, 2.24) is 9.03 Å². The zero-order chi connectivity index (χ0) is 12.9. The molecule has 1 fully saturated rings. The largest absolute Gasteiger partial charge is 0.449 e. The summed E-state index contributed by atoms with van der Waals surface area (Å²) < 4.78 is 31.3. The van der Waals surface area contributed by atoms with E-state index in [0.29, 0.717) is 19.6 Å². The number of rotatable bonds is 4. The Bertz CT molecular complexity index is 357. The van der Waals surface area contributed by atoms with Crippen LogP contribution in [0.4, 0.5) is 4.79 Å². The molecule has 1 aliphatic rings. The molecular weight excluding hydrogens is 246 g/mol. The fourth-order valence-electron chi connectivity index (χ4n) is 1.77. The molecule has 1 rings (SSSR count). The van der Waals surface area contributed by atoms with Gasteiger partial charge in [0.1, 0.15) is 0 Å². The van der Waals surface area contributed by atoms with Crippen molar-refractivity contribution in [3.8, 4) is 0 Å². The van der Waals surface area contributed by atoms with Crippen LogP contribution in [0.2, 0.25) is 0 Å². The number of hydrogen-bond donors (Lipinski definition) is 2. The third kappa shape index (κ3) is 4.14. The molecule has 7 nitrogen and oxygen atoms in total. The lowest BCUT2D eigenvalue weighted by atomic mass is 10.0. The lowest BCUT2D eigenvalue weighted by Crippen LogP contribution is -2.48. The van der Waals surface area contributed by atoms with Gasteiger partial charge in [-0.3, -0.25) is 0 Å². The minimum atomic E-state index is -3.79. The predicted octanol–water partition coefficient (Wildman–Crippen LogP) is -0.352. The van der Waals surface area contributed by atoms with Crippen LogP contribution in [0.3, 0.4) is 0 Å². The molecule has 0 aromatic heterocycles. The maximum absolute atomic E-state index is 11.8. The van der Waals surface area contributed by atoms with Gasteiger partial charge in [-0.05, 0) is 32.2 Å². The first-order valence-corrected chi connectivity index (χ1v) is 7.08. The van der Waals surface area contributed by atoms with Crippen LogP contribution in [-0.2, 0) is 14.9 Å². The first-order chi connectivity index (χ1) is 7.99. The first-order valence-electron chi connectivity index (χ1n) is 5.64. The van der Waals surface area contributed by atoms with Crippen LogP contribution < -0.4 is 10.5 Å². The summed E-state index contributed by atoms with van der Waals surface area (Å²) in [5.74, 6) is 0.155. The van der Waals surface area contributed by atoms with Gasteiger partial charge in [-0.2, -0.15) is 12.7 Å². The van der Waals surface area contributed by atoms with Crippen molar-refractivity contribution in [2.24, 2.45) is 11.7 Å². The van der Waals surface area contributed by atoms with Crippen molar-refractivity contribution >= 4 is 16.3 Å². The molecule has 1 heterocycles. The van der Waals surface area contributed by atoms with E-state index in [0.717, 1.165) is 12.8 Å². The van der Waals surface area contributed by atoms with E-state index in [1.54, 1.807) is 6.92 Å². The van der Waals surface area contributed by atoms with E-state index in [2.05, 4.69) is 4.74 Å². The number of hydrogen-bond acceptors (Lipinski definition) is 5. The highest BCUT2D eigenvalue weighted by molar-refractivity contribution is 7.87. The molecule has 100 valence electrons. The number of nitrogens with one attached hydrogen (secondary N) is 1. The Balaban J connectivity index is 2.60. The molecule has 1 saturated heterocycles. The Morgan fingerprint density at radius 2 is 2.29 bits per heavy atom. The van der Waals surface area contributed by atoms with Crippen LogP contribution in [0.25, 0.3) is 0 Å². The standard InChI is InChI=1S/C9H19N3O4S/c1-2-16-9(13)11-17(14,15)12-5-3-4-8(6-10)7-12/h8H,2-7,10H2,1H3,(H,11,13). The SMILES string of the molecule is CCOC(=O)NS(=O)(=O)N1CCCC(CN)C1. The van der Waals surface area contributed by atoms with Crippen LogP contribution in [0.1, 0.15) is 19.8 Å². The lowest BCUT2D eigenvalue weighted by molar-refractivity contribution is 0.157. The summed E-state index contributed by atoms with van der Waals surface area (Å²) in [6, 6.07) is 0. The first kappa shape index (κ1) is 14.2. The van der Waals surface area contributed by atoms with Gasteiger partial charge in [-0.1, -0.05) is 0 Å². The zero-order valence-electron chi connectivity index (χ0n) is 9.89. The van der Waals surface area contributed by atoms with E-state index in [9.17, 15) is 13.2 Å². The molecule has 0 saturated carbocycles. The highest BCUT2D eigenvalue weighted by atomic mass is 32.2. The highest BCUT2D eigenvalue weighted by Crippen LogP contribution is 2.17. The van der Waals surface area contributed by atoms with Crippen molar-refractivity contribution in [1.29, 1.82) is 0 Å². The quantitative estimate of drug-likeness (QED) is 0.723. The minimum absolute atomic E-state index is 0.132. The molecule has 0 aliphatic carbocycles. The summed E-state index contributed by atoms with van der Waals surface area (Å²) in [7, 11) is -3.79. The number of nitrogens with two attached hydrogens (primary N) is 1. The number of carbonyl (C=O) groups excluding carboxylic acids is 1. The minimum Gasteiger partial charge on any atom is -0.449 e. The molecule has 3 N–H and O–H groups in total. The van der Waals surface area contributed by atoms with E-state index in [1.807, 2.05) is 4.72 Å². The number of amides is 1. The monoisotopic (exact) mass is 265 g/mol. The average molecular weight is 265 g/mol. The van der Waals surface area contributed by atoms with Gasteiger partial charge < -0.3 is 10.5 Å². The molecule has 0 bridgehead atoms. The van der Waals surface area contributed by atoms with E-state index in [4.69, 9.17) is 5.73 Å². The highest BCUT2D eigenvalue weighted by Gasteiger charge is 2.29. The van der Waals surface area contributed by atoms with Crippen LogP contribution in [-0.4, -0.2) is 45.1 Å². The van der Waals surface area contributed by atoms with E-state index in [1.165, 1.54) is 4.31 Å². The third-order valence-electron chi connectivity index (χ3n) is 2.64. The molecule has 0 spiro atoms. The smallest absolute Gasteiger partial charge is 0.421 e. The van der Waals surface area contributed by atoms with Gasteiger partial charge in [0.2, 0.25) is 0 Å². The summed E-state index contributed by atoms with van der Waals surface area (Å²) in [6.07, 6.45) is 0.732. The Morgan fingerprint density at radius 1 is 1.59 bits per heavy atom. The summed E-state index contributed by atoms with van der Waals surface area (Å²) in [5, 5.41) is 0. The second-order valence-electron chi connectivity index (χ2n) is 3.93. The fraction of sp³-hybridized carbons (Fsp3) is 0.889. The number of nitrogens with zero attached hydrogens (tertiary/aromatic N) is 1. The van der Waals surface area contributed by atoms with Crippen molar-refractivity contribution in [2.75, 3.05) is 26.2 Å². The second-order valence-corrected chi connectivity index (χ2v) is 5.60. The second kappa shape index (κ2) is 6.18. The molecule has 0 radical (unpaired) electrons. The molecule has 0 aromatic carbocycles. The lowest BCUT2D eigenvalue weighted by Gasteiger charge is -2.30. The van der Waals surface area contributed by atoms with E-state index >= 15 is 0 Å². The van der Waals surface area contributed by atoms with Crippen molar-refractivity contribution in [3.63, 3.8) is 0 Å². The van der Waals surface area contributed by atoms with Crippen LogP contribution in [0.15, 0.2) is 0 Å². The predicted molar refractivity (Wildman–Crippen MR) is 62.4 cm³/mol. The van der Waals surface area contributed by atoms with Gasteiger partial charge in [0, 0.05) is 13.1 Å². The van der Waals surface area contributed by atoms with Gasteiger partial charge in [-0.15, -0.1) is 0 Å². The zero-order valence-corrected chi connectivity index (χ0v) is 10.7. The molecule has 1 atom stereocenters. The molecular formula is C9H19N3O4S. The van der Waals surface area contributed by atoms with Gasteiger partial charge in [-0.25, -0.2) is 9.52 Å². The van der Waals surface area contributed by atoms with Gasteiger partial charge in [0.05, 0.1) is 6.61 Å². The van der Waals surface area contributed by atoms with Crippen LogP contribution in [0.5, 0.6) is 0 Å². The van der Waals surface area contributed by atoms with E-state index < -0.39 is 16.3 Å². The Morgan fingerprint density at radius 3 is 2.88 bits per heavy atom. The van der Waals surface area contributed by atoms with Crippen molar-refractivity contribution in [3.05, 3.63) is 0 Å². The van der Waals surface area contributed by atoms with Gasteiger partial charge in [0.15, 0.2) is 0 Å². The molecule has 0 aromatic rings. The Kier molecular flexibility index (Phi) is 5.16. The van der Waals surface area contributed by atoms with E-state index in [-0.39, 0.29) is 12.5 Å². The number of ether oxygens (including phenoxy) is 1. The normalized spacial score (nSPS) is 22.1. The maximum atomic E-state index is 11.8. The molecule has 1 amide bonds. The Labute approximate surface area is 101 Å². The number of carbonyl (C=O) groups is 1. The fourth-order valence-corrected chi connectivity index (χ4v) is 2.94. The van der Waals surface area contributed by atoms with Crippen molar-refractivity contribution in [2.45, 2.75) is 19.8 Å². The summed E-state index contributed by atoms with van der Waals surface area (Å²) in [4.78, 5) is 11.1. The topological polar surface area (TPSA) is 102 Å². The van der Waals surface area contributed by atoms with Gasteiger partial charge >= 0.3 is 16.3 Å². The average Bonchev–Trinajstić information content (AvgIpc) is 2.28. The molecule has 8 heteroatoms. The molecule has 17 heavy (non-hydrogen) atoms. The van der Waals surface area contributed by atoms with Crippen LogP contribution >= 0.6 is 0 Å². The molecule has 1 unspecified atom stereocenters. The summed E-state index contributed by atoms with van der Waals surface area (Å²) >= 11 is 0. The summed E-state index contributed by atoms with van der Waals surface area (Å²) in [5.41, 5.74) is 5.52. The number of piperidine rings is 1. The van der Waals surface area contributed by atoms with Gasteiger partial charge in [0.25, 0.3) is 0 Å². The Hall–Kier alpha value is -0.860. The summed E-state index contributed by atoms with van der Waals surface area (Å²) in [6.45, 7) is 2.95. The third-order valence-corrected chi connectivity index (χ3v) is 4.08. The van der Waals surface area contributed by atoms with Crippen LogP contribution in [0, 0.1) is 5.92 Å². The van der Waals surface area contributed by atoms with Crippen molar-refractivity contribution < 1.29 is 17.9 Å². The maximum Gasteiger partial charge on any atom is 0.421 e. The molecule has 1 aliphatic heterocycles.